The van der Waals surface area contributed by atoms with Crippen LogP contribution >= 0.6 is 0 Å². The molecule has 0 aliphatic carbocycles. The van der Waals surface area contributed by atoms with Crippen LogP contribution in [0.3, 0.4) is 0 Å². The third kappa shape index (κ3) is 5.30. The van der Waals surface area contributed by atoms with Gasteiger partial charge in [0.05, 0.1) is 45.1 Å². The molecule has 3 heterocycles. The summed E-state index contributed by atoms with van der Waals surface area (Å²) in [7, 11) is 2.32. The number of carboxylic acids is 1. The van der Waals surface area contributed by atoms with Gasteiger partial charge in [-0.2, -0.15) is 19.3 Å². The Morgan fingerprint density at radius 1 is 0.868 bits per heavy atom. The topological polar surface area (TPSA) is 113 Å². The van der Waals surface area contributed by atoms with Crippen LogP contribution in [0, 0.1) is 46.0 Å². The Bertz CT molecular complexity index is 2170. The highest BCUT2D eigenvalue weighted by Gasteiger charge is 2.52. The lowest BCUT2D eigenvalue weighted by Crippen LogP contribution is -2.60. The van der Waals surface area contributed by atoms with Gasteiger partial charge in [0.1, 0.15) is 36.0 Å². The molecule has 3 aromatic carbocycles. The first-order valence-electron chi connectivity index (χ1n) is 17.1. The van der Waals surface area contributed by atoms with Gasteiger partial charge in [-0.25, -0.2) is 4.39 Å². The Balaban J connectivity index is 1.84. The Labute approximate surface area is 309 Å². The predicted molar refractivity (Wildman–Crippen MR) is 199 cm³/mol. The molecule has 3 aliphatic heterocycles. The molecule has 0 aromatic heterocycles. The third-order valence-corrected chi connectivity index (χ3v) is 15.0. The first kappa shape index (κ1) is 37.7. The van der Waals surface area contributed by atoms with E-state index in [1.54, 1.807) is 0 Å². The van der Waals surface area contributed by atoms with Gasteiger partial charge in [-0.3, -0.25) is 0 Å². The lowest BCUT2D eigenvalue weighted by molar-refractivity contribution is -0.255. The smallest absolute Gasteiger partial charge is 0.280 e. The summed E-state index contributed by atoms with van der Waals surface area (Å²) in [6.07, 6.45) is 4.18. The highest BCUT2D eigenvalue weighted by Crippen LogP contribution is 2.48. The van der Waals surface area contributed by atoms with Crippen molar-refractivity contribution in [1.29, 1.82) is 10.5 Å². The number of rotatable bonds is 6. The predicted octanol–water partition coefficient (Wildman–Crippen LogP) is 5.75. The number of aromatic carboxylic acids is 1. The molecule has 0 radical (unpaired) electrons. The van der Waals surface area contributed by atoms with E-state index in [2.05, 4.69) is 62.7 Å². The maximum absolute atomic E-state index is 17.6. The molecule has 3 aromatic rings. The number of carbonyl (C=O) groups is 1. The van der Waals surface area contributed by atoms with E-state index in [-0.39, 0.29) is 17.0 Å². The number of anilines is 2. The first-order valence-corrected chi connectivity index (χ1v) is 20.1. The minimum absolute atomic E-state index is 0.0265. The summed E-state index contributed by atoms with van der Waals surface area (Å²) in [5.74, 6) is -7.89. The lowest BCUT2D eigenvalue weighted by atomic mass is 9.76. The zero-order chi connectivity index (χ0) is 39.3. The Hall–Kier alpha value is -5.01. The van der Waals surface area contributed by atoms with Gasteiger partial charge >= 0.3 is 0 Å². The van der Waals surface area contributed by atoms with Crippen LogP contribution < -0.4 is 25.3 Å². The van der Waals surface area contributed by atoms with Gasteiger partial charge in [-0.1, -0.05) is 25.2 Å². The van der Waals surface area contributed by atoms with Crippen LogP contribution in [0.25, 0.3) is 11.1 Å². The van der Waals surface area contributed by atoms with Crippen molar-refractivity contribution in [2.24, 2.45) is 0 Å². The molecule has 0 bridgehead atoms. The van der Waals surface area contributed by atoms with Crippen LogP contribution in [0.5, 0.6) is 0 Å². The lowest BCUT2D eigenvalue weighted by Gasteiger charge is -2.44. The molecular formula is C41H41F3N4O4Si. The average molecular weight is 739 g/mol. The summed E-state index contributed by atoms with van der Waals surface area (Å²) >= 11 is 0. The number of likely N-dealkylation sites (N-methyl/N-ethyl adjacent to an activating group) is 2. The molecule has 0 amide bonds. The van der Waals surface area contributed by atoms with Crippen molar-refractivity contribution in [3.05, 3.63) is 98.7 Å². The summed E-state index contributed by atoms with van der Waals surface area (Å²) in [6, 6.07) is 10.7. The standard InChI is InChI=1S/C41H41F3N4O4Si/c1-21-16-39(3,4)47(7)27-14-29-25(12-23(21)27)31(26-13-24-22(2)17-40(5,6)48(8)28(24)15-30(26)53(29,10)11)32-33(38(49)50)36(43)37(44)34(35(32)42)41(18-45,19-46)52-20-51-9/h12-17H,20H2,1-11H3. The minimum atomic E-state index is -3.05. The van der Waals surface area contributed by atoms with Crippen molar-refractivity contribution in [3.8, 4) is 12.1 Å². The van der Waals surface area contributed by atoms with Crippen LogP contribution in [0.1, 0.15) is 85.3 Å². The van der Waals surface area contributed by atoms with Crippen LogP contribution in [0.15, 0.2) is 36.4 Å². The fourth-order valence-corrected chi connectivity index (χ4v) is 11.2. The average Bonchev–Trinajstić information content (AvgIpc) is 3.08. The molecule has 8 nitrogen and oxygen atoms in total. The van der Waals surface area contributed by atoms with Gasteiger partial charge in [-0.05, 0) is 87.3 Å². The number of carbonyl (C=O) groups excluding carboxylic acids is 1. The molecular weight excluding hydrogens is 698 g/mol. The van der Waals surface area contributed by atoms with Crippen molar-refractivity contribution in [2.45, 2.75) is 71.3 Å². The molecule has 0 fully saturated rings. The maximum Gasteiger partial charge on any atom is 0.280 e. The van der Waals surface area contributed by atoms with Gasteiger partial charge < -0.3 is 29.2 Å². The number of ether oxygens (including phenoxy) is 2. The molecule has 12 heteroatoms. The number of methoxy groups -OCH3 is 1. The van der Waals surface area contributed by atoms with Gasteiger partial charge in [0.15, 0.2) is 25.5 Å². The van der Waals surface area contributed by atoms with Crippen molar-refractivity contribution in [1.82, 2.24) is 0 Å². The molecule has 0 atom stereocenters. The first-order chi connectivity index (χ1) is 24.6. The fourth-order valence-electron chi connectivity index (χ4n) is 8.22. The van der Waals surface area contributed by atoms with Gasteiger partial charge in [0.25, 0.3) is 5.60 Å². The molecule has 6 rings (SSSR count). The van der Waals surface area contributed by atoms with Gasteiger partial charge in [0.2, 0.25) is 0 Å². The minimum Gasteiger partial charge on any atom is -0.538 e. The zero-order valence-corrected chi connectivity index (χ0v) is 32.7. The molecule has 0 saturated heterocycles. The number of halogens is 3. The van der Waals surface area contributed by atoms with Crippen LogP contribution in [0.2, 0.25) is 13.1 Å². The monoisotopic (exact) mass is 738 g/mol. The number of nitrogens with zero attached hydrogens (tertiary/aromatic N) is 4. The van der Waals surface area contributed by atoms with Crippen LogP contribution in [-0.4, -0.2) is 53.1 Å². The Morgan fingerprint density at radius 3 is 1.72 bits per heavy atom. The number of carboxylic acid groups (broad SMARTS) is 1. The molecule has 0 saturated carbocycles. The van der Waals surface area contributed by atoms with E-state index < -0.39 is 60.6 Å². The van der Waals surface area contributed by atoms with E-state index in [1.807, 2.05) is 52.2 Å². The van der Waals surface area contributed by atoms with E-state index in [0.717, 1.165) is 44.0 Å². The number of nitriles is 2. The van der Waals surface area contributed by atoms with E-state index in [9.17, 15) is 20.4 Å². The Morgan fingerprint density at radius 2 is 1.32 bits per heavy atom. The van der Waals surface area contributed by atoms with Gasteiger partial charge in [0, 0.05) is 32.3 Å². The highest BCUT2D eigenvalue weighted by molar-refractivity contribution is 7.01. The highest BCUT2D eigenvalue weighted by atomic mass is 28.3. The number of hydrogen-bond donors (Lipinski definition) is 0. The summed E-state index contributed by atoms with van der Waals surface area (Å²) < 4.78 is 60.1. The largest absolute Gasteiger partial charge is 0.538 e. The second kappa shape index (κ2) is 12.3. The number of fused-ring (bicyclic) bond motifs is 4. The summed E-state index contributed by atoms with van der Waals surface area (Å²) in [4.78, 5) is 17.2. The molecule has 0 spiro atoms. The number of hydrogen-bond acceptors (Lipinski definition) is 8. The summed E-state index contributed by atoms with van der Waals surface area (Å²) in [5.41, 5.74) is -1.33. The van der Waals surface area contributed by atoms with E-state index in [0.29, 0.717) is 11.1 Å². The zero-order valence-electron chi connectivity index (χ0n) is 31.7. The van der Waals surface area contributed by atoms with Crippen molar-refractivity contribution in [2.75, 3.05) is 37.8 Å². The van der Waals surface area contributed by atoms with Crippen molar-refractivity contribution >= 4 is 46.9 Å². The van der Waals surface area contributed by atoms with Gasteiger partial charge in [-0.15, -0.1) is 0 Å². The second-order valence-electron chi connectivity index (χ2n) is 15.7. The Kier molecular flexibility index (Phi) is 8.74. The normalized spacial score (nSPS) is 17.8. The van der Waals surface area contributed by atoms with Crippen LogP contribution in [-0.2, 0) is 15.1 Å². The van der Waals surface area contributed by atoms with E-state index >= 15 is 13.2 Å². The van der Waals surface area contributed by atoms with Crippen LogP contribution in [0.4, 0.5) is 24.5 Å². The number of allylic oxidation sites excluding steroid dienone is 2. The van der Waals surface area contributed by atoms with Crippen molar-refractivity contribution in [3.63, 3.8) is 0 Å². The quantitative estimate of drug-likeness (QED) is 0.136. The maximum atomic E-state index is 17.6. The summed E-state index contributed by atoms with van der Waals surface area (Å²) in [5, 5.41) is 34.8. The molecule has 274 valence electrons. The third-order valence-electron chi connectivity index (χ3n) is 11.4. The molecule has 3 aliphatic rings. The number of benzene rings is 3. The van der Waals surface area contributed by atoms with E-state index in [1.165, 1.54) is 19.2 Å². The van der Waals surface area contributed by atoms with E-state index in [4.69, 9.17) is 9.47 Å². The van der Waals surface area contributed by atoms with Crippen molar-refractivity contribution < 1.29 is 32.5 Å². The molecule has 0 unspecified atom stereocenters. The summed E-state index contributed by atoms with van der Waals surface area (Å²) in [6.45, 7) is 15.8. The fraction of sp³-hybridized carbons (Fsp3) is 0.366. The molecule has 0 N–H and O–H groups in total. The second-order valence-corrected chi connectivity index (χ2v) is 20.0. The molecule has 53 heavy (non-hydrogen) atoms. The SMILES string of the molecule is COCOC(C#N)(C#N)c1c(F)c(F)c(C(=O)[O-])c([C+]2c3cc4c(cc3[Si](C)(C)c3cc5c(cc32)C(C)=CC(C)(C)N5C)N(C)C(C)(C)C=C4C)c1F.